The van der Waals surface area contributed by atoms with E-state index in [4.69, 9.17) is 9.97 Å². The van der Waals surface area contributed by atoms with Gasteiger partial charge in [-0.15, -0.1) is 0 Å². The van der Waals surface area contributed by atoms with E-state index in [0.717, 1.165) is 76.5 Å². The summed E-state index contributed by atoms with van der Waals surface area (Å²) in [5, 5.41) is 4.35. The smallest absolute Gasteiger partial charge is 0.211 e. The number of nitrogens with zero attached hydrogens (tertiary/aromatic N) is 6. The van der Waals surface area contributed by atoms with Gasteiger partial charge in [-0.05, 0) is 25.0 Å². The Balaban J connectivity index is 1.20. The van der Waals surface area contributed by atoms with Crippen molar-refractivity contribution in [3.05, 3.63) is 78.9 Å². The van der Waals surface area contributed by atoms with Crippen LogP contribution in [-0.4, -0.2) is 82.5 Å². The van der Waals surface area contributed by atoms with Gasteiger partial charge in [0.1, 0.15) is 17.0 Å². The van der Waals surface area contributed by atoms with Gasteiger partial charge in [0.05, 0.1) is 17.5 Å². The first-order chi connectivity index (χ1) is 19.9. The first-order valence-electron chi connectivity index (χ1n) is 14.1. The van der Waals surface area contributed by atoms with Crippen LogP contribution < -0.4 is 5.32 Å². The van der Waals surface area contributed by atoms with E-state index >= 15 is 0 Å². The molecule has 0 spiro atoms. The van der Waals surface area contributed by atoms with Gasteiger partial charge in [0.15, 0.2) is 5.82 Å². The SMILES string of the molecule is CNc1nccn2c(C3CC(N4CCN(S(C)(=O)=O)CC4)C3)nc(-c3ccc4ccc(-c5ccccc5)nc4c3)c12. The Morgan fingerprint density at radius 1 is 0.902 bits per heavy atom. The molecular weight excluding hydrogens is 534 g/mol. The quantitative estimate of drug-likeness (QED) is 0.323. The second kappa shape index (κ2) is 10.2. The second-order valence-electron chi connectivity index (χ2n) is 11.1. The van der Waals surface area contributed by atoms with Crippen LogP contribution in [0.2, 0.25) is 0 Å². The molecule has 0 bridgehead atoms. The molecule has 0 atom stereocenters. The van der Waals surface area contributed by atoms with Crippen molar-refractivity contribution in [2.24, 2.45) is 0 Å². The molecule has 2 fully saturated rings. The van der Waals surface area contributed by atoms with Crippen LogP contribution in [0.15, 0.2) is 73.1 Å². The largest absolute Gasteiger partial charge is 0.371 e. The van der Waals surface area contributed by atoms with Crippen molar-refractivity contribution in [2.45, 2.75) is 24.8 Å². The molecule has 0 amide bonds. The number of anilines is 1. The van der Waals surface area contributed by atoms with Crippen LogP contribution in [0.25, 0.3) is 38.9 Å². The number of nitrogens with one attached hydrogen (secondary N) is 1. The number of hydrogen-bond donors (Lipinski definition) is 1. The minimum Gasteiger partial charge on any atom is -0.371 e. The Morgan fingerprint density at radius 2 is 1.66 bits per heavy atom. The molecule has 1 N–H and O–H groups in total. The van der Waals surface area contributed by atoms with Crippen molar-refractivity contribution in [3.63, 3.8) is 0 Å². The third-order valence-corrected chi connectivity index (χ3v) is 9.89. The summed E-state index contributed by atoms with van der Waals surface area (Å²) in [6.45, 7) is 2.69. The first kappa shape index (κ1) is 26.1. The van der Waals surface area contributed by atoms with E-state index in [1.807, 2.05) is 37.6 Å². The Labute approximate surface area is 239 Å². The molecule has 210 valence electrons. The summed E-state index contributed by atoms with van der Waals surface area (Å²) in [6, 6.07) is 21.2. The summed E-state index contributed by atoms with van der Waals surface area (Å²) in [6.07, 6.45) is 7.14. The highest BCUT2D eigenvalue weighted by Gasteiger charge is 2.39. The Bertz CT molecular complexity index is 1840. The molecule has 1 saturated heterocycles. The number of aromatic nitrogens is 4. The zero-order chi connectivity index (χ0) is 28.1. The summed E-state index contributed by atoms with van der Waals surface area (Å²) < 4.78 is 27.6. The molecular formula is C31H33N7O2S. The molecule has 0 unspecified atom stereocenters. The van der Waals surface area contributed by atoms with Crippen LogP contribution >= 0.6 is 0 Å². The second-order valence-corrected chi connectivity index (χ2v) is 13.0. The zero-order valence-electron chi connectivity index (χ0n) is 23.2. The van der Waals surface area contributed by atoms with E-state index in [1.54, 1.807) is 4.31 Å². The minimum atomic E-state index is -3.13. The number of imidazole rings is 1. The topological polar surface area (TPSA) is 95.7 Å². The lowest BCUT2D eigenvalue weighted by Crippen LogP contribution is -2.54. The van der Waals surface area contributed by atoms with E-state index in [9.17, 15) is 8.42 Å². The molecule has 10 heteroatoms. The Kier molecular flexibility index (Phi) is 6.49. The van der Waals surface area contributed by atoms with E-state index in [0.29, 0.717) is 25.0 Å². The van der Waals surface area contributed by atoms with Crippen LogP contribution in [0.1, 0.15) is 24.6 Å². The summed E-state index contributed by atoms with van der Waals surface area (Å²) in [7, 11) is -1.23. The lowest BCUT2D eigenvalue weighted by atomic mass is 9.78. The first-order valence-corrected chi connectivity index (χ1v) is 15.9. The van der Waals surface area contributed by atoms with Crippen molar-refractivity contribution in [2.75, 3.05) is 44.8 Å². The summed E-state index contributed by atoms with van der Waals surface area (Å²) >= 11 is 0. The van der Waals surface area contributed by atoms with Crippen LogP contribution in [0.3, 0.4) is 0 Å². The van der Waals surface area contributed by atoms with E-state index in [2.05, 4.69) is 62.1 Å². The predicted octanol–water partition coefficient (Wildman–Crippen LogP) is 4.48. The van der Waals surface area contributed by atoms with Crippen molar-refractivity contribution in [3.8, 4) is 22.5 Å². The molecule has 9 nitrogen and oxygen atoms in total. The number of sulfonamides is 1. The van der Waals surface area contributed by atoms with Crippen LogP contribution in [0.5, 0.6) is 0 Å². The van der Waals surface area contributed by atoms with Gasteiger partial charge in [-0.2, -0.15) is 4.31 Å². The molecule has 5 aromatic rings. The maximum Gasteiger partial charge on any atom is 0.211 e. The number of rotatable bonds is 6. The number of piperazine rings is 1. The van der Waals surface area contributed by atoms with Gasteiger partial charge in [0.2, 0.25) is 10.0 Å². The predicted molar refractivity (Wildman–Crippen MR) is 162 cm³/mol. The van der Waals surface area contributed by atoms with Crippen LogP contribution in [0, 0.1) is 0 Å². The highest BCUT2D eigenvalue weighted by Crippen LogP contribution is 2.42. The van der Waals surface area contributed by atoms with Gasteiger partial charge < -0.3 is 5.32 Å². The van der Waals surface area contributed by atoms with Gasteiger partial charge in [0, 0.05) is 74.1 Å². The van der Waals surface area contributed by atoms with E-state index in [1.165, 1.54) is 6.26 Å². The van der Waals surface area contributed by atoms with E-state index in [-0.39, 0.29) is 0 Å². The molecule has 7 rings (SSSR count). The fourth-order valence-electron chi connectivity index (χ4n) is 6.27. The minimum absolute atomic E-state index is 0.324. The molecule has 4 heterocycles. The average Bonchev–Trinajstić information content (AvgIpc) is 3.35. The van der Waals surface area contributed by atoms with Gasteiger partial charge in [-0.1, -0.05) is 48.5 Å². The van der Waals surface area contributed by atoms with Gasteiger partial charge in [0.25, 0.3) is 0 Å². The van der Waals surface area contributed by atoms with Gasteiger partial charge in [-0.25, -0.2) is 23.4 Å². The Hall–Kier alpha value is -3.86. The highest BCUT2D eigenvalue weighted by molar-refractivity contribution is 7.88. The van der Waals surface area contributed by atoms with Crippen molar-refractivity contribution in [1.29, 1.82) is 0 Å². The maximum atomic E-state index is 11.9. The third kappa shape index (κ3) is 4.75. The highest BCUT2D eigenvalue weighted by atomic mass is 32.2. The normalized spacial score (nSPS) is 20.3. The van der Waals surface area contributed by atoms with Gasteiger partial charge in [-0.3, -0.25) is 9.30 Å². The van der Waals surface area contributed by atoms with Crippen molar-refractivity contribution < 1.29 is 8.42 Å². The molecule has 41 heavy (non-hydrogen) atoms. The standard InChI is InChI=1S/C31H33N7O2S/c1-32-30-29-28(23-9-8-22-10-11-26(34-27(22)20-23)21-6-4-3-5-7-21)35-31(38(29)13-12-33-30)24-18-25(19-24)36-14-16-37(17-15-36)41(2,39)40/h3-13,20,24-25H,14-19H2,1-2H3,(H,32,33). The van der Waals surface area contributed by atoms with Crippen LogP contribution in [0.4, 0.5) is 5.82 Å². The molecule has 1 aliphatic heterocycles. The number of benzene rings is 2. The zero-order valence-corrected chi connectivity index (χ0v) is 24.1. The average molecular weight is 568 g/mol. The molecule has 1 aliphatic carbocycles. The Morgan fingerprint density at radius 3 is 2.39 bits per heavy atom. The lowest BCUT2D eigenvalue weighted by Gasteiger charge is -2.45. The fourth-order valence-corrected chi connectivity index (χ4v) is 7.09. The molecule has 2 aromatic carbocycles. The monoisotopic (exact) mass is 567 g/mol. The number of fused-ring (bicyclic) bond motifs is 2. The number of pyridine rings is 1. The maximum absolute atomic E-state index is 11.9. The van der Waals surface area contributed by atoms with Gasteiger partial charge >= 0.3 is 0 Å². The van der Waals surface area contributed by atoms with Crippen molar-refractivity contribution in [1.82, 2.24) is 28.6 Å². The van der Waals surface area contributed by atoms with Crippen LogP contribution in [-0.2, 0) is 10.0 Å². The molecule has 2 aliphatic rings. The number of hydrogen-bond acceptors (Lipinski definition) is 7. The lowest BCUT2D eigenvalue weighted by molar-refractivity contribution is 0.0732. The third-order valence-electron chi connectivity index (χ3n) is 8.59. The van der Waals surface area contributed by atoms with Crippen molar-refractivity contribution >= 4 is 32.3 Å². The summed E-state index contributed by atoms with van der Waals surface area (Å²) in [5.41, 5.74) is 5.84. The molecule has 0 radical (unpaired) electrons. The molecule has 1 saturated carbocycles. The fraction of sp³-hybridized carbons (Fsp3) is 0.323. The summed E-state index contributed by atoms with van der Waals surface area (Å²) in [4.78, 5) is 17.3. The van der Waals surface area contributed by atoms with E-state index < -0.39 is 10.0 Å². The summed E-state index contributed by atoms with van der Waals surface area (Å²) in [5.74, 6) is 2.16. The molecule has 3 aromatic heterocycles.